The first-order valence-electron chi connectivity index (χ1n) is 20.5. The molecule has 52 heavy (non-hydrogen) atoms. The molecule has 3 aromatic heterocycles. The quantitative estimate of drug-likeness (QED) is 0.160. The third-order valence-corrected chi connectivity index (χ3v) is 14.3. The van der Waals surface area contributed by atoms with E-state index < -0.39 is 0 Å². The molecule has 5 heteroatoms. The van der Waals surface area contributed by atoms with E-state index in [1.165, 1.54) is 57.8 Å². The Bertz CT molecular complexity index is 1940. The van der Waals surface area contributed by atoms with Gasteiger partial charge in [-0.25, -0.2) is 9.97 Å². The minimum Gasteiger partial charge on any atom is -0.393 e. The van der Waals surface area contributed by atoms with Crippen LogP contribution in [0.3, 0.4) is 0 Å². The maximum Gasteiger partial charge on any atom is 0.0659 e. The summed E-state index contributed by atoms with van der Waals surface area (Å²) >= 11 is 0. The highest BCUT2D eigenvalue weighted by atomic mass is 16.3. The van der Waals surface area contributed by atoms with Gasteiger partial charge in [-0.15, -0.1) is 0 Å². The lowest BCUT2D eigenvalue weighted by atomic mass is 9.47. The molecule has 0 saturated heterocycles. The lowest BCUT2D eigenvalue weighted by Gasteiger charge is -2.58. The van der Waals surface area contributed by atoms with E-state index >= 15 is 0 Å². The van der Waals surface area contributed by atoms with Gasteiger partial charge in [-0.3, -0.25) is 0 Å². The monoisotopic (exact) mass is 696 g/mol. The van der Waals surface area contributed by atoms with Gasteiger partial charge in [-0.1, -0.05) is 65.5 Å². The fourth-order valence-electron chi connectivity index (χ4n) is 11.6. The zero-order valence-corrected chi connectivity index (χ0v) is 32.2. The van der Waals surface area contributed by atoms with Crippen LogP contribution in [0.5, 0.6) is 0 Å². The molecule has 0 amide bonds. The highest BCUT2D eigenvalue weighted by Crippen LogP contribution is 2.67. The van der Waals surface area contributed by atoms with E-state index in [1.807, 2.05) is 42.5 Å². The van der Waals surface area contributed by atoms with Crippen LogP contribution in [0.1, 0.15) is 128 Å². The Balaban J connectivity index is 0.000000150. The predicted molar refractivity (Wildman–Crippen MR) is 218 cm³/mol. The largest absolute Gasteiger partial charge is 0.393 e. The number of nitrogens with zero attached hydrogens (tertiary/aromatic N) is 2. The minimum atomic E-state index is -0.0766. The molecule has 8 bridgehead atoms. The van der Waals surface area contributed by atoms with Crippen LogP contribution in [0.25, 0.3) is 46.4 Å². The lowest BCUT2D eigenvalue weighted by molar-refractivity contribution is -0.0573. The Hall–Kier alpha value is -3.70. The van der Waals surface area contributed by atoms with E-state index in [4.69, 9.17) is 0 Å². The topological polar surface area (TPSA) is 77.6 Å². The molecule has 5 nitrogen and oxygen atoms in total. The number of fused-ring (bicyclic) bond motifs is 13. The summed E-state index contributed by atoms with van der Waals surface area (Å²) < 4.78 is 0. The van der Waals surface area contributed by atoms with Crippen LogP contribution in [0, 0.1) is 46.3 Å². The van der Waals surface area contributed by atoms with Crippen LogP contribution >= 0.6 is 0 Å². The second-order valence-corrected chi connectivity index (χ2v) is 18.1. The van der Waals surface area contributed by atoms with Gasteiger partial charge in [0, 0.05) is 22.1 Å². The summed E-state index contributed by atoms with van der Waals surface area (Å²) in [4.78, 5) is 16.0. The number of aliphatic hydroxyl groups is 1. The van der Waals surface area contributed by atoms with Crippen LogP contribution in [0.4, 0.5) is 0 Å². The van der Waals surface area contributed by atoms with E-state index in [-0.39, 0.29) is 6.10 Å². The van der Waals surface area contributed by atoms with Crippen LogP contribution in [-0.2, 0) is 0 Å². The molecule has 6 aliphatic rings. The Morgan fingerprint density at radius 2 is 1.31 bits per heavy atom. The fourth-order valence-corrected chi connectivity index (χ4v) is 11.6. The molecule has 5 heterocycles. The second kappa shape index (κ2) is 14.3. The average molecular weight is 697 g/mol. The van der Waals surface area contributed by atoms with Gasteiger partial charge in [0.05, 0.1) is 28.9 Å². The highest BCUT2D eigenvalue weighted by molar-refractivity contribution is 5.77. The molecular weight excluding hydrogens is 637 g/mol. The molecular formula is C47H60N4O. The first-order chi connectivity index (χ1) is 25.1. The Labute approximate surface area is 311 Å². The van der Waals surface area contributed by atoms with Crippen molar-refractivity contribution in [3.8, 4) is 0 Å². The van der Waals surface area contributed by atoms with Gasteiger partial charge in [-0.05, 0) is 171 Å². The van der Waals surface area contributed by atoms with Gasteiger partial charge >= 0.3 is 0 Å². The SMILES string of the molecule is C1=Cc2cc3ccc(cc4ccc(cc5nc(cc1n2)C=C5)[nH]4)[nH]3.CC(C)CCC[C@@H](C)[C@H]1CC[C@H]2[C@@H]3CC=C4C[C@@H](O)CC[C@]4(C)[C@H]3CC[C@]12C. The molecule has 3 N–H and O–H groups in total. The van der Waals surface area contributed by atoms with E-state index in [0.717, 1.165) is 93.2 Å². The van der Waals surface area contributed by atoms with Gasteiger partial charge in [0.15, 0.2) is 0 Å². The van der Waals surface area contributed by atoms with Gasteiger partial charge in [0.2, 0.25) is 0 Å². The summed E-state index contributed by atoms with van der Waals surface area (Å²) in [7, 11) is 0. The zero-order chi connectivity index (χ0) is 36.0. The van der Waals surface area contributed by atoms with Crippen LogP contribution in [0.15, 0.2) is 60.2 Å². The second-order valence-electron chi connectivity index (χ2n) is 18.1. The van der Waals surface area contributed by atoms with Crippen LogP contribution < -0.4 is 0 Å². The van der Waals surface area contributed by atoms with Crippen molar-refractivity contribution in [3.63, 3.8) is 0 Å². The highest BCUT2D eigenvalue weighted by Gasteiger charge is 2.59. The van der Waals surface area contributed by atoms with Crippen LogP contribution in [-0.4, -0.2) is 31.1 Å². The number of hydrogen-bond donors (Lipinski definition) is 3. The molecule has 8 atom stereocenters. The third kappa shape index (κ3) is 7.02. The normalized spacial score (nSPS) is 30.9. The molecule has 9 rings (SSSR count). The van der Waals surface area contributed by atoms with E-state index in [1.54, 1.807) is 5.57 Å². The van der Waals surface area contributed by atoms with Gasteiger partial charge < -0.3 is 15.1 Å². The van der Waals surface area contributed by atoms with E-state index in [2.05, 4.69) is 91.0 Å². The summed E-state index contributed by atoms with van der Waals surface area (Å²) in [5, 5.41) is 10.2. The fraction of sp³-hybridized carbons (Fsp3) is 0.532. The maximum absolute atomic E-state index is 10.2. The van der Waals surface area contributed by atoms with Crippen molar-refractivity contribution in [2.45, 2.75) is 111 Å². The third-order valence-electron chi connectivity index (χ3n) is 14.3. The Kier molecular flexibility index (Phi) is 9.70. The van der Waals surface area contributed by atoms with Crippen molar-refractivity contribution in [2.75, 3.05) is 0 Å². The first kappa shape index (κ1) is 35.3. The van der Waals surface area contributed by atoms with Crippen molar-refractivity contribution in [1.29, 1.82) is 0 Å². The van der Waals surface area contributed by atoms with Crippen molar-refractivity contribution >= 4 is 46.4 Å². The molecule has 3 saturated carbocycles. The Morgan fingerprint density at radius 3 is 1.92 bits per heavy atom. The molecule has 0 aromatic carbocycles. The molecule has 0 spiro atoms. The number of H-pyrrole nitrogens is 2. The number of aromatic nitrogens is 4. The molecule has 274 valence electrons. The standard InChI is InChI=1S/C27H46O.C20H14N4/c1-18(2)7-6-8-19(3)23-11-12-24-22-10-9-20-17-21(28)13-15-26(20,4)25(22)14-16-27(23,24)5;1-2-14-10-16-5-6-18(23-16)12-20-8-7-19(24-20)11-17-4-3-15(22-17)9-13(1)21-14/h9,18-19,21-25,28H,6-8,10-17H2,1-5H3;1-12,21-22H/t19-,21+,22+,23-,24+,25+,26+,27-;/m1./s1. The predicted octanol–water partition coefficient (Wildman–Crippen LogP) is 12.0. The van der Waals surface area contributed by atoms with E-state index in [0.29, 0.717) is 10.8 Å². The summed E-state index contributed by atoms with van der Waals surface area (Å²) in [6.45, 7) is 12.6. The smallest absolute Gasteiger partial charge is 0.0659 e. The number of rotatable bonds is 5. The summed E-state index contributed by atoms with van der Waals surface area (Å²) in [5.74, 6) is 5.46. The number of aromatic amines is 2. The molecule has 3 fully saturated rings. The zero-order valence-electron chi connectivity index (χ0n) is 32.2. The average Bonchev–Trinajstić information content (AvgIpc) is 3.95. The molecule has 4 aliphatic carbocycles. The molecule has 2 aliphatic heterocycles. The van der Waals surface area contributed by atoms with Gasteiger partial charge in [-0.2, -0.15) is 0 Å². The van der Waals surface area contributed by atoms with Gasteiger partial charge in [0.25, 0.3) is 0 Å². The van der Waals surface area contributed by atoms with E-state index in [9.17, 15) is 5.11 Å². The number of hydrogen-bond acceptors (Lipinski definition) is 3. The molecule has 3 aromatic rings. The van der Waals surface area contributed by atoms with Crippen LogP contribution in [0.2, 0.25) is 0 Å². The first-order valence-corrected chi connectivity index (χ1v) is 20.5. The van der Waals surface area contributed by atoms with Crippen molar-refractivity contribution < 1.29 is 5.11 Å². The number of allylic oxidation sites excluding steroid dienone is 1. The minimum absolute atomic E-state index is 0.0766. The molecule has 0 radical (unpaired) electrons. The maximum atomic E-state index is 10.2. The lowest BCUT2D eigenvalue weighted by Crippen LogP contribution is -2.50. The summed E-state index contributed by atoms with van der Waals surface area (Å²) in [6, 6.07) is 16.4. The van der Waals surface area contributed by atoms with Crippen molar-refractivity contribution in [2.24, 2.45) is 46.3 Å². The number of nitrogens with one attached hydrogen (secondary N) is 2. The molecule has 0 unspecified atom stereocenters. The number of aliphatic hydroxyl groups excluding tert-OH is 1. The summed E-state index contributed by atoms with van der Waals surface area (Å²) in [6.07, 6.45) is 25.2. The summed E-state index contributed by atoms with van der Waals surface area (Å²) in [5.41, 5.74) is 10.5. The Morgan fingerprint density at radius 1 is 0.712 bits per heavy atom. The van der Waals surface area contributed by atoms with Gasteiger partial charge in [0.1, 0.15) is 0 Å². The van der Waals surface area contributed by atoms with Crippen molar-refractivity contribution in [3.05, 3.63) is 83.0 Å². The van der Waals surface area contributed by atoms with Crippen molar-refractivity contribution in [1.82, 2.24) is 19.9 Å².